The number of nitriles is 1. The van der Waals surface area contributed by atoms with Crippen molar-refractivity contribution in [2.45, 2.75) is 33.1 Å². The van der Waals surface area contributed by atoms with Crippen LogP contribution in [0.2, 0.25) is 0 Å². The predicted molar refractivity (Wildman–Crippen MR) is 64.3 cm³/mol. The lowest BCUT2D eigenvalue weighted by atomic mass is 10.2. The molecule has 0 amide bonds. The first kappa shape index (κ1) is 12.4. The van der Waals surface area contributed by atoms with Crippen molar-refractivity contribution in [3.8, 4) is 6.07 Å². The zero-order valence-electron chi connectivity index (χ0n) is 10.2. The van der Waals surface area contributed by atoms with Crippen molar-refractivity contribution >= 4 is 5.82 Å². The summed E-state index contributed by atoms with van der Waals surface area (Å²) in [5.41, 5.74) is 0.435. The Bertz CT molecular complexity index is 381. The van der Waals surface area contributed by atoms with Crippen LogP contribution in [0.3, 0.4) is 0 Å². The molecule has 1 rings (SSSR count). The average Bonchev–Trinajstić information content (AvgIpc) is 2.28. The van der Waals surface area contributed by atoms with Gasteiger partial charge in [0.05, 0.1) is 0 Å². The Morgan fingerprint density at radius 2 is 2.12 bits per heavy atom. The zero-order valence-corrected chi connectivity index (χ0v) is 10.2. The summed E-state index contributed by atoms with van der Waals surface area (Å²) in [7, 11) is 2.00. The van der Waals surface area contributed by atoms with Crippen LogP contribution in [0.15, 0.2) is 6.07 Å². The molecule has 0 fully saturated rings. The van der Waals surface area contributed by atoms with Crippen molar-refractivity contribution in [3.05, 3.63) is 17.6 Å². The molecule has 86 valence electrons. The molecule has 0 atom stereocenters. The first-order chi connectivity index (χ1) is 7.67. The second-order valence-electron chi connectivity index (χ2n) is 3.90. The first-order valence-electron chi connectivity index (χ1n) is 5.64. The molecule has 0 saturated carbocycles. The number of hydrogen-bond donors (Lipinski definition) is 0. The van der Waals surface area contributed by atoms with Crippen LogP contribution in [-0.2, 0) is 0 Å². The van der Waals surface area contributed by atoms with Gasteiger partial charge in [0.1, 0.15) is 23.4 Å². The van der Waals surface area contributed by atoms with Gasteiger partial charge in [-0.05, 0) is 13.3 Å². The highest BCUT2D eigenvalue weighted by atomic mass is 15.2. The van der Waals surface area contributed by atoms with Crippen molar-refractivity contribution in [1.29, 1.82) is 5.26 Å². The summed E-state index contributed by atoms with van der Waals surface area (Å²) in [6.45, 7) is 4.96. The van der Waals surface area contributed by atoms with Crippen LogP contribution in [0.25, 0.3) is 0 Å². The molecule has 0 aromatic carbocycles. The fraction of sp³-hybridized carbons (Fsp3) is 0.583. The van der Waals surface area contributed by atoms with Gasteiger partial charge in [-0.25, -0.2) is 9.97 Å². The van der Waals surface area contributed by atoms with Crippen LogP contribution in [0.4, 0.5) is 5.82 Å². The fourth-order valence-electron chi connectivity index (χ4n) is 1.52. The third-order valence-corrected chi connectivity index (χ3v) is 2.43. The summed E-state index contributed by atoms with van der Waals surface area (Å²) in [5, 5.41) is 8.82. The Labute approximate surface area is 96.9 Å². The number of hydrogen-bond acceptors (Lipinski definition) is 4. The molecule has 0 spiro atoms. The van der Waals surface area contributed by atoms with E-state index in [0.29, 0.717) is 11.5 Å². The van der Waals surface area contributed by atoms with Crippen LogP contribution in [-0.4, -0.2) is 23.6 Å². The van der Waals surface area contributed by atoms with Gasteiger partial charge in [0, 0.05) is 19.7 Å². The molecule has 0 aliphatic carbocycles. The van der Waals surface area contributed by atoms with Crippen molar-refractivity contribution in [1.82, 2.24) is 9.97 Å². The van der Waals surface area contributed by atoms with Crippen molar-refractivity contribution < 1.29 is 0 Å². The molecule has 1 heterocycles. The second kappa shape index (κ2) is 6.06. The molecule has 0 aliphatic heterocycles. The molecule has 0 bridgehead atoms. The van der Waals surface area contributed by atoms with E-state index in [4.69, 9.17) is 5.26 Å². The van der Waals surface area contributed by atoms with E-state index in [1.165, 1.54) is 12.8 Å². The average molecular weight is 218 g/mol. The fourth-order valence-corrected chi connectivity index (χ4v) is 1.52. The van der Waals surface area contributed by atoms with E-state index in [2.05, 4.69) is 27.9 Å². The van der Waals surface area contributed by atoms with Crippen LogP contribution >= 0.6 is 0 Å². The number of unbranched alkanes of at least 4 members (excludes halogenated alkanes) is 2. The minimum Gasteiger partial charge on any atom is -0.360 e. The van der Waals surface area contributed by atoms with E-state index < -0.39 is 0 Å². The number of aryl methyl sites for hydroxylation is 1. The number of aromatic nitrogens is 2. The van der Waals surface area contributed by atoms with Crippen molar-refractivity contribution in [3.63, 3.8) is 0 Å². The SMILES string of the molecule is CCCCCN(C)c1cc(C#N)nc(C)n1. The van der Waals surface area contributed by atoms with Gasteiger partial charge < -0.3 is 4.90 Å². The predicted octanol–water partition coefficient (Wildman–Crippen LogP) is 2.28. The molecule has 0 N–H and O–H groups in total. The molecule has 16 heavy (non-hydrogen) atoms. The third kappa shape index (κ3) is 3.50. The van der Waals surface area contributed by atoms with Gasteiger partial charge in [0.2, 0.25) is 0 Å². The van der Waals surface area contributed by atoms with Gasteiger partial charge in [-0.2, -0.15) is 5.26 Å². The van der Waals surface area contributed by atoms with E-state index >= 15 is 0 Å². The summed E-state index contributed by atoms with van der Waals surface area (Å²) in [6.07, 6.45) is 3.58. The number of nitrogens with zero attached hydrogens (tertiary/aromatic N) is 4. The molecule has 0 unspecified atom stereocenters. The van der Waals surface area contributed by atoms with E-state index in [1.807, 2.05) is 14.0 Å². The molecule has 1 aromatic heterocycles. The zero-order chi connectivity index (χ0) is 12.0. The van der Waals surface area contributed by atoms with E-state index in [-0.39, 0.29) is 0 Å². The summed E-state index contributed by atoms with van der Waals surface area (Å²) >= 11 is 0. The summed E-state index contributed by atoms with van der Waals surface area (Å²) in [4.78, 5) is 10.4. The molecule has 4 heteroatoms. The molecular weight excluding hydrogens is 200 g/mol. The Morgan fingerprint density at radius 1 is 1.38 bits per heavy atom. The molecule has 4 nitrogen and oxygen atoms in total. The van der Waals surface area contributed by atoms with Gasteiger partial charge in [-0.3, -0.25) is 0 Å². The normalized spacial score (nSPS) is 9.88. The lowest BCUT2D eigenvalue weighted by Gasteiger charge is -2.18. The standard InChI is InChI=1S/C12H18N4/c1-4-5-6-7-16(3)12-8-11(9-13)14-10(2)15-12/h8H,4-7H2,1-3H3. The largest absolute Gasteiger partial charge is 0.360 e. The van der Waals surface area contributed by atoms with E-state index in [9.17, 15) is 0 Å². The Kier molecular flexibility index (Phi) is 4.71. The van der Waals surface area contributed by atoms with E-state index in [1.54, 1.807) is 6.07 Å². The summed E-state index contributed by atoms with van der Waals surface area (Å²) < 4.78 is 0. The molecule has 0 saturated heterocycles. The molecule has 0 aliphatic rings. The quantitative estimate of drug-likeness (QED) is 0.711. The number of anilines is 1. The maximum Gasteiger partial charge on any atom is 0.146 e. The smallest absolute Gasteiger partial charge is 0.146 e. The highest BCUT2D eigenvalue weighted by Crippen LogP contribution is 2.11. The van der Waals surface area contributed by atoms with Crippen LogP contribution in [0.5, 0.6) is 0 Å². The van der Waals surface area contributed by atoms with Crippen molar-refractivity contribution in [2.24, 2.45) is 0 Å². The van der Waals surface area contributed by atoms with Gasteiger partial charge in [0.25, 0.3) is 0 Å². The Hall–Kier alpha value is -1.63. The highest BCUT2D eigenvalue weighted by molar-refractivity contribution is 5.41. The monoisotopic (exact) mass is 218 g/mol. The summed E-state index contributed by atoms with van der Waals surface area (Å²) in [6, 6.07) is 3.79. The summed E-state index contributed by atoms with van der Waals surface area (Å²) in [5.74, 6) is 1.48. The maximum absolute atomic E-state index is 8.82. The lowest BCUT2D eigenvalue weighted by molar-refractivity contribution is 0.700. The van der Waals surface area contributed by atoms with Gasteiger partial charge >= 0.3 is 0 Å². The first-order valence-corrected chi connectivity index (χ1v) is 5.64. The topological polar surface area (TPSA) is 52.8 Å². The molecular formula is C12H18N4. The number of rotatable bonds is 5. The Balaban J connectivity index is 2.71. The van der Waals surface area contributed by atoms with Gasteiger partial charge in [-0.1, -0.05) is 19.8 Å². The lowest BCUT2D eigenvalue weighted by Crippen LogP contribution is -2.20. The third-order valence-electron chi connectivity index (χ3n) is 2.43. The van der Waals surface area contributed by atoms with Gasteiger partial charge in [0.15, 0.2) is 0 Å². The molecule has 0 radical (unpaired) electrons. The van der Waals surface area contributed by atoms with Crippen LogP contribution in [0, 0.1) is 18.3 Å². The van der Waals surface area contributed by atoms with Crippen LogP contribution < -0.4 is 4.90 Å². The van der Waals surface area contributed by atoms with E-state index in [0.717, 1.165) is 18.8 Å². The Morgan fingerprint density at radius 3 is 2.75 bits per heavy atom. The minimum atomic E-state index is 0.435. The highest BCUT2D eigenvalue weighted by Gasteiger charge is 2.05. The van der Waals surface area contributed by atoms with Gasteiger partial charge in [-0.15, -0.1) is 0 Å². The second-order valence-corrected chi connectivity index (χ2v) is 3.90. The maximum atomic E-state index is 8.82. The van der Waals surface area contributed by atoms with Crippen LogP contribution in [0.1, 0.15) is 37.7 Å². The minimum absolute atomic E-state index is 0.435. The van der Waals surface area contributed by atoms with Crippen molar-refractivity contribution in [2.75, 3.05) is 18.5 Å². The molecule has 1 aromatic rings.